The fourth-order valence-corrected chi connectivity index (χ4v) is 2.92. The van der Waals surface area contributed by atoms with Crippen LogP contribution in [0.15, 0.2) is 42.5 Å². The number of aryl methyl sites for hydroxylation is 1. The SMILES string of the molecule is Cc1cccc(C(C)C)c1N1CCOc2ccccc21. The highest BCUT2D eigenvalue weighted by atomic mass is 16.5. The Hall–Kier alpha value is -1.96. The van der Waals surface area contributed by atoms with Crippen LogP contribution in [0, 0.1) is 6.92 Å². The Bertz CT molecular complexity index is 619. The lowest BCUT2D eigenvalue weighted by Gasteiger charge is -2.34. The van der Waals surface area contributed by atoms with Gasteiger partial charge in [0.25, 0.3) is 0 Å². The Morgan fingerprint density at radius 2 is 1.85 bits per heavy atom. The van der Waals surface area contributed by atoms with Gasteiger partial charge in [-0.25, -0.2) is 0 Å². The molecule has 0 fully saturated rings. The van der Waals surface area contributed by atoms with Gasteiger partial charge in [-0.1, -0.05) is 44.2 Å². The maximum atomic E-state index is 5.77. The van der Waals surface area contributed by atoms with E-state index in [0.29, 0.717) is 5.92 Å². The van der Waals surface area contributed by atoms with E-state index in [9.17, 15) is 0 Å². The number of fused-ring (bicyclic) bond motifs is 1. The van der Waals surface area contributed by atoms with Crippen LogP contribution in [0.4, 0.5) is 11.4 Å². The highest BCUT2D eigenvalue weighted by Crippen LogP contribution is 2.41. The first-order valence-electron chi connectivity index (χ1n) is 7.27. The average Bonchev–Trinajstić information content (AvgIpc) is 2.46. The standard InChI is InChI=1S/C18H21NO/c1-13(2)15-8-6-7-14(3)18(15)19-11-12-20-17-10-5-4-9-16(17)19/h4-10,13H,11-12H2,1-3H3. The van der Waals surface area contributed by atoms with Gasteiger partial charge < -0.3 is 9.64 Å². The zero-order valence-corrected chi connectivity index (χ0v) is 12.4. The second-order valence-electron chi connectivity index (χ2n) is 5.64. The largest absolute Gasteiger partial charge is 0.490 e. The van der Waals surface area contributed by atoms with Crippen LogP contribution in [-0.4, -0.2) is 13.2 Å². The van der Waals surface area contributed by atoms with Crippen molar-refractivity contribution in [2.24, 2.45) is 0 Å². The summed E-state index contributed by atoms with van der Waals surface area (Å²) in [4.78, 5) is 2.41. The highest BCUT2D eigenvalue weighted by Gasteiger charge is 2.23. The molecule has 0 aliphatic carbocycles. The smallest absolute Gasteiger partial charge is 0.143 e. The fourth-order valence-electron chi connectivity index (χ4n) is 2.92. The molecule has 0 saturated heterocycles. The number of hydrogen-bond acceptors (Lipinski definition) is 2. The molecule has 1 aliphatic heterocycles. The predicted octanol–water partition coefficient (Wildman–Crippen LogP) is 4.65. The van der Waals surface area contributed by atoms with Crippen LogP contribution in [0.25, 0.3) is 0 Å². The van der Waals surface area contributed by atoms with Gasteiger partial charge in [-0.15, -0.1) is 0 Å². The summed E-state index contributed by atoms with van der Waals surface area (Å²) in [6, 6.07) is 14.9. The maximum Gasteiger partial charge on any atom is 0.143 e. The summed E-state index contributed by atoms with van der Waals surface area (Å²) in [6.07, 6.45) is 0. The Morgan fingerprint density at radius 1 is 1.05 bits per heavy atom. The molecule has 0 unspecified atom stereocenters. The third-order valence-electron chi connectivity index (χ3n) is 3.89. The molecule has 2 aromatic rings. The molecule has 20 heavy (non-hydrogen) atoms. The molecule has 0 saturated carbocycles. The van der Waals surface area contributed by atoms with Crippen molar-refractivity contribution in [3.63, 3.8) is 0 Å². The lowest BCUT2D eigenvalue weighted by atomic mass is 9.96. The Morgan fingerprint density at radius 3 is 2.65 bits per heavy atom. The van der Waals surface area contributed by atoms with E-state index >= 15 is 0 Å². The number of benzene rings is 2. The Labute approximate surface area is 121 Å². The van der Waals surface area contributed by atoms with E-state index in [4.69, 9.17) is 4.74 Å². The van der Waals surface area contributed by atoms with Gasteiger partial charge in [0, 0.05) is 5.69 Å². The monoisotopic (exact) mass is 267 g/mol. The van der Waals surface area contributed by atoms with Crippen LogP contribution < -0.4 is 9.64 Å². The van der Waals surface area contributed by atoms with E-state index in [1.54, 1.807) is 0 Å². The van der Waals surface area contributed by atoms with Gasteiger partial charge in [-0.05, 0) is 36.1 Å². The van der Waals surface area contributed by atoms with Crippen molar-refractivity contribution in [1.29, 1.82) is 0 Å². The van der Waals surface area contributed by atoms with Gasteiger partial charge >= 0.3 is 0 Å². The molecule has 1 aliphatic rings. The normalized spacial score (nSPS) is 14.1. The van der Waals surface area contributed by atoms with Crippen molar-refractivity contribution in [2.75, 3.05) is 18.1 Å². The first-order valence-corrected chi connectivity index (χ1v) is 7.27. The second kappa shape index (κ2) is 5.20. The van der Waals surface area contributed by atoms with Gasteiger partial charge in [-0.2, -0.15) is 0 Å². The molecule has 2 aromatic carbocycles. The molecule has 0 atom stereocenters. The molecule has 104 valence electrons. The summed E-state index contributed by atoms with van der Waals surface area (Å²) in [6.45, 7) is 8.35. The molecule has 3 rings (SSSR count). The van der Waals surface area contributed by atoms with E-state index in [0.717, 1.165) is 18.9 Å². The molecular formula is C18H21NO. The molecule has 2 heteroatoms. The molecule has 2 nitrogen and oxygen atoms in total. The van der Waals surface area contributed by atoms with Crippen LogP contribution in [0.5, 0.6) is 5.75 Å². The molecular weight excluding hydrogens is 246 g/mol. The molecule has 0 N–H and O–H groups in total. The van der Waals surface area contributed by atoms with Gasteiger partial charge in [-0.3, -0.25) is 0 Å². The zero-order chi connectivity index (χ0) is 14.1. The van der Waals surface area contributed by atoms with Crippen LogP contribution in [0.2, 0.25) is 0 Å². The van der Waals surface area contributed by atoms with Crippen LogP contribution in [-0.2, 0) is 0 Å². The lowest BCUT2D eigenvalue weighted by molar-refractivity contribution is 0.314. The summed E-state index contributed by atoms with van der Waals surface area (Å²) < 4.78 is 5.77. The van der Waals surface area contributed by atoms with E-state index in [2.05, 4.69) is 62.1 Å². The Kier molecular flexibility index (Phi) is 3.39. The number of ether oxygens (including phenoxy) is 1. The van der Waals surface area contributed by atoms with E-state index in [-0.39, 0.29) is 0 Å². The maximum absolute atomic E-state index is 5.77. The minimum atomic E-state index is 0.514. The topological polar surface area (TPSA) is 12.5 Å². The van der Waals surface area contributed by atoms with E-state index in [1.165, 1.54) is 22.5 Å². The third kappa shape index (κ3) is 2.15. The molecule has 0 amide bonds. The summed E-state index contributed by atoms with van der Waals surface area (Å²) >= 11 is 0. The summed E-state index contributed by atoms with van der Waals surface area (Å²) in [5.74, 6) is 1.50. The van der Waals surface area contributed by atoms with Crippen molar-refractivity contribution in [2.45, 2.75) is 26.7 Å². The molecule has 0 radical (unpaired) electrons. The molecule has 0 aromatic heterocycles. The average molecular weight is 267 g/mol. The number of hydrogen-bond donors (Lipinski definition) is 0. The summed E-state index contributed by atoms with van der Waals surface area (Å²) in [5, 5.41) is 0. The van der Waals surface area contributed by atoms with Crippen molar-refractivity contribution in [3.05, 3.63) is 53.6 Å². The molecule has 1 heterocycles. The minimum Gasteiger partial charge on any atom is -0.490 e. The van der Waals surface area contributed by atoms with Crippen LogP contribution in [0.1, 0.15) is 30.9 Å². The lowest BCUT2D eigenvalue weighted by Crippen LogP contribution is -2.30. The van der Waals surface area contributed by atoms with E-state index in [1.807, 2.05) is 6.07 Å². The highest BCUT2D eigenvalue weighted by molar-refractivity contribution is 5.75. The van der Waals surface area contributed by atoms with Crippen molar-refractivity contribution in [3.8, 4) is 5.75 Å². The zero-order valence-electron chi connectivity index (χ0n) is 12.4. The van der Waals surface area contributed by atoms with Crippen molar-refractivity contribution >= 4 is 11.4 Å². The third-order valence-corrected chi connectivity index (χ3v) is 3.89. The summed E-state index contributed by atoms with van der Waals surface area (Å²) in [5.41, 5.74) is 5.25. The predicted molar refractivity (Wildman–Crippen MR) is 84.2 cm³/mol. The van der Waals surface area contributed by atoms with Gasteiger partial charge in [0.05, 0.1) is 12.2 Å². The minimum absolute atomic E-state index is 0.514. The first kappa shape index (κ1) is 13.0. The molecule has 0 spiro atoms. The Balaban J connectivity index is 2.16. The first-order chi connectivity index (χ1) is 9.68. The van der Waals surface area contributed by atoms with Crippen molar-refractivity contribution in [1.82, 2.24) is 0 Å². The number of nitrogens with zero attached hydrogens (tertiary/aromatic N) is 1. The quantitative estimate of drug-likeness (QED) is 0.785. The van der Waals surface area contributed by atoms with Gasteiger partial charge in [0.2, 0.25) is 0 Å². The number of rotatable bonds is 2. The van der Waals surface area contributed by atoms with Gasteiger partial charge in [0.15, 0.2) is 0 Å². The summed E-state index contributed by atoms with van der Waals surface area (Å²) in [7, 11) is 0. The van der Waals surface area contributed by atoms with Crippen molar-refractivity contribution < 1.29 is 4.74 Å². The fraction of sp³-hybridized carbons (Fsp3) is 0.333. The molecule has 0 bridgehead atoms. The number of para-hydroxylation sites is 3. The second-order valence-corrected chi connectivity index (χ2v) is 5.64. The van der Waals surface area contributed by atoms with E-state index < -0.39 is 0 Å². The number of anilines is 2. The van der Waals surface area contributed by atoms with Gasteiger partial charge in [0.1, 0.15) is 12.4 Å². The van der Waals surface area contributed by atoms with Crippen LogP contribution in [0.3, 0.4) is 0 Å². The van der Waals surface area contributed by atoms with Crippen LogP contribution >= 0.6 is 0 Å².